The molecular weight excluding hydrogens is 184 g/mol. The van der Waals surface area contributed by atoms with Crippen molar-refractivity contribution < 1.29 is 0 Å². The smallest absolute Gasteiger partial charge is 0.0352 e. The van der Waals surface area contributed by atoms with E-state index in [0.29, 0.717) is 0 Å². The summed E-state index contributed by atoms with van der Waals surface area (Å²) >= 11 is 0. The Morgan fingerprint density at radius 2 is 1.73 bits per heavy atom. The molecule has 0 heterocycles. The van der Waals surface area contributed by atoms with Crippen molar-refractivity contribution in [2.75, 3.05) is 12.3 Å². The predicted octanol–water partition coefficient (Wildman–Crippen LogP) is 2.43. The SMILES string of the molecule is NCC1(c2ccccc2N)CCCCC1. The molecular formula is C13H20N2. The summed E-state index contributed by atoms with van der Waals surface area (Å²) in [6.45, 7) is 0.723. The van der Waals surface area contributed by atoms with Crippen molar-refractivity contribution in [1.29, 1.82) is 0 Å². The molecule has 1 aromatic carbocycles. The highest BCUT2D eigenvalue weighted by molar-refractivity contribution is 5.51. The van der Waals surface area contributed by atoms with Crippen LogP contribution in [0.25, 0.3) is 0 Å². The maximum absolute atomic E-state index is 6.06. The monoisotopic (exact) mass is 204 g/mol. The fraction of sp³-hybridized carbons (Fsp3) is 0.538. The average molecular weight is 204 g/mol. The van der Waals surface area contributed by atoms with Crippen LogP contribution in [0.15, 0.2) is 24.3 Å². The van der Waals surface area contributed by atoms with E-state index >= 15 is 0 Å². The predicted molar refractivity (Wildman–Crippen MR) is 64.7 cm³/mol. The zero-order chi connectivity index (χ0) is 10.7. The summed E-state index contributed by atoms with van der Waals surface area (Å²) in [6, 6.07) is 8.19. The Kier molecular flexibility index (Phi) is 2.96. The van der Waals surface area contributed by atoms with Gasteiger partial charge in [-0.3, -0.25) is 0 Å². The molecule has 1 aliphatic rings. The van der Waals surface area contributed by atoms with Crippen LogP contribution in [0, 0.1) is 0 Å². The summed E-state index contributed by atoms with van der Waals surface area (Å²) in [6.07, 6.45) is 6.29. The standard InChI is InChI=1S/C13H20N2/c14-10-13(8-4-1-5-9-13)11-6-2-3-7-12(11)15/h2-3,6-7H,1,4-5,8-10,14-15H2. The van der Waals surface area contributed by atoms with Crippen LogP contribution >= 0.6 is 0 Å². The van der Waals surface area contributed by atoms with Crippen LogP contribution in [-0.2, 0) is 5.41 Å². The lowest BCUT2D eigenvalue weighted by Crippen LogP contribution is -2.37. The molecule has 2 heteroatoms. The third-order valence-electron chi connectivity index (χ3n) is 3.73. The Morgan fingerprint density at radius 3 is 2.33 bits per heavy atom. The van der Waals surface area contributed by atoms with E-state index in [0.717, 1.165) is 12.2 Å². The van der Waals surface area contributed by atoms with Gasteiger partial charge in [0.05, 0.1) is 0 Å². The van der Waals surface area contributed by atoms with Gasteiger partial charge in [-0.05, 0) is 24.5 Å². The van der Waals surface area contributed by atoms with Gasteiger partial charge in [-0.2, -0.15) is 0 Å². The molecule has 0 radical (unpaired) electrons. The number of hydrogen-bond acceptors (Lipinski definition) is 2. The molecule has 2 rings (SSSR count). The number of nitrogen functional groups attached to an aromatic ring is 1. The van der Waals surface area contributed by atoms with Crippen molar-refractivity contribution >= 4 is 5.69 Å². The molecule has 0 amide bonds. The third kappa shape index (κ3) is 1.86. The summed E-state index contributed by atoms with van der Waals surface area (Å²) in [4.78, 5) is 0. The minimum absolute atomic E-state index is 0.156. The molecule has 0 atom stereocenters. The lowest BCUT2D eigenvalue weighted by atomic mass is 9.69. The molecule has 1 aromatic rings. The van der Waals surface area contributed by atoms with E-state index < -0.39 is 0 Å². The van der Waals surface area contributed by atoms with E-state index in [4.69, 9.17) is 11.5 Å². The zero-order valence-corrected chi connectivity index (χ0v) is 9.21. The molecule has 0 spiro atoms. The van der Waals surface area contributed by atoms with Crippen molar-refractivity contribution in [2.24, 2.45) is 5.73 Å². The number of benzene rings is 1. The van der Waals surface area contributed by atoms with E-state index in [1.165, 1.54) is 37.7 Å². The molecule has 0 saturated heterocycles. The average Bonchev–Trinajstić information content (AvgIpc) is 2.30. The van der Waals surface area contributed by atoms with Gasteiger partial charge in [0.15, 0.2) is 0 Å². The maximum Gasteiger partial charge on any atom is 0.0352 e. The van der Waals surface area contributed by atoms with Gasteiger partial charge in [-0.15, -0.1) is 0 Å². The van der Waals surface area contributed by atoms with Crippen LogP contribution in [0.3, 0.4) is 0 Å². The van der Waals surface area contributed by atoms with Crippen molar-refractivity contribution in [2.45, 2.75) is 37.5 Å². The van der Waals surface area contributed by atoms with Crippen LogP contribution in [0.4, 0.5) is 5.69 Å². The molecule has 15 heavy (non-hydrogen) atoms. The Bertz CT molecular complexity index is 327. The molecule has 0 bridgehead atoms. The first-order chi connectivity index (χ1) is 7.28. The van der Waals surface area contributed by atoms with E-state index in [1.807, 2.05) is 12.1 Å². The van der Waals surface area contributed by atoms with Gasteiger partial charge >= 0.3 is 0 Å². The van der Waals surface area contributed by atoms with E-state index in [9.17, 15) is 0 Å². The Balaban J connectivity index is 2.36. The summed E-state index contributed by atoms with van der Waals surface area (Å²) in [5, 5.41) is 0. The molecule has 0 aromatic heterocycles. The quantitative estimate of drug-likeness (QED) is 0.727. The molecule has 1 fully saturated rings. The van der Waals surface area contributed by atoms with Crippen LogP contribution in [-0.4, -0.2) is 6.54 Å². The van der Waals surface area contributed by atoms with Crippen molar-refractivity contribution in [3.63, 3.8) is 0 Å². The number of nitrogens with two attached hydrogens (primary N) is 2. The van der Waals surface area contributed by atoms with E-state index in [2.05, 4.69) is 12.1 Å². The number of hydrogen-bond donors (Lipinski definition) is 2. The van der Waals surface area contributed by atoms with Gasteiger partial charge in [0.1, 0.15) is 0 Å². The molecule has 0 unspecified atom stereocenters. The molecule has 1 aliphatic carbocycles. The minimum Gasteiger partial charge on any atom is -0.398 e. The fourth-order valence-corrected chi connectivity index (χ4v) is 2.79. The normalized spacial score (nSPS) is 20.1. The molecule has 2 nitrogen and oxygen atoms in total. The van der Waals surface area contributed by atoms with Crippen LogP contribution in [0.1, 0.15) is 37.7 Å². The lowest BCUT2D eigenvalue weighted by molar-refractivity contribution is 0.302. The summed E-state index contributed by atoms with van der Waals surface area (Å²) in [5.41, 5.74) is 14.4. The van der Waals surface area contributed by atoms with E-state index in [-0.39, 0.29) is 5.41 Å². The largest absolute Gasteiger partial charge is 0.398 e. The van der Waals surface area contributed by atoms with Gasteiger partial charge in [0.2, 0.25) is 0 Å². The van der Waals surface area contributed by atoms with Gasteiger partial charge in [-0.1, -0.05) is 37.5 Å². The molecule has 1 saturated carbocycles. The van der Waals surface area contributed by atoms with Crippen LogP contribution < -0.4 is 11.5 Å². The second-order valence-corrected chi connectivity index (χ2v) is 4.63. The van der Waals surface area contributed by atoms with Gasteiger partial charge < -0.3 is 11.5 Å². The maximum atomic E-state index is 6.06. The van der Waals surface area contributed by atoms with Crippen LogP contribution in [0.5, 0.6) is 0 Å². The lowest BCUT2D eigenvalue weighted by Gasteiger charge is -2.37. The molecule has 82 valence electrons. The van der Waals surface area contributed by atoms with Gasteiger partial charge in [0, 0.05) is 17.6 Å². The number of rotatable bonds is 2. The second kappa shape index (κ2) is 4.23. The first-order valence-corrected chi connectivity index (χ1v) is 5.83. The van der Waals surface area contributed by atoms with Crippen molar-refractivity contribution in [1.82, 2.24) is 0 Å². The van der Waals surface area contributed by atoms with E-state index in [1.54, 1.807) is 0 Å². The Morgan fingerprint density at radius 1 is 1.07 bits per heavy atom. The van der Waals surface area contributed by atoms with Crippen LogP contribution in [0.2, 0.25) is 0 Å². The zero-order valence-electron chi connectivity index (χ0n) is 9.21. The van der Waals surface area contributed by atoms with Gasteiger partial charge in [0.25, 0.3) is 0 Å². The Hall–Kier alpha value is -1.02. The number of anilines is 1. The Labute approximate surface area is 91.7 Å². The molecule has 0 aliphatic heterocycles. The summed E-state index contributed by atoms with van der Waals surface area (Å²) in [7, 11) is 0. The number of para-hydroxylation sites is 1. The topological polar surface area (TPSA) is 52.0 Å². The fourth-order valence-electron chi connectivity index (χ4n) is 2.79. The highest BCUT2D eigenvalue weighted by Gasteiger charge is 2.33. The second-order valence-electron chi connectivity index (χ2n) is 4.63. The minimum atomic E-state index is 0.156. The molecule has 4 N–H and O–H groups in total. The first kappa shape index (κ1) is 10.5. The summed E-state index contributed by atoms with van der Waals surface area (Å²) in [5.74, 6) is 0. The summed E-state index contributed by atoms with van der Waals surface area (Å²) < 4.78 is 0. The van der Waals surface area contributed by atoms with Gasteiger partial charge in [-0.25, -0.2) is 0 Å². The highest BCUT2D eigenvalue weighted by Crippen LogP contribution is 2.40. The van der Waals surface area contributed by atoms with Crippen molar-refractivity contribution in [3.05, 3.63) is 29.8 Å². The third-order valence-corrected chi connectivity index (χ3v) is 3.73. The first-order valence-electron chi connectivity index (χ1n) is 5.83. The van der Waals surface area contributed by atoms with Crippen molar-refractivity contribution in [3.8, 4) is 0 Å². The highest BCUT2D eigenvalue weighted by atomic mass is 14.6.